The minimum absolute atomic E-state index is 0.0293. The summed E-state index contributed by atoms with van der Waals surface area (Å²) in [5.74, 6) is 1.26. The van der Waals surface area contributed by atoms with Gasteiger partial charge in [0.15, 0.2) is 9.84 Å². The van der Waals surface area contributed by atoms with Crippen LogP contribution in [0.5, 0.6) is 11.5 Å². The number of carbonyl (C=O) groups is 1. The molecule has 0 spiro atoms. The Hall–Kier alpha value is -2.54. The highest BCUT2D eigenvalue weighted by Crippen LogP contribution is 2.24. The summed E-state index contributed by atoms with van der Waals surface area (Å²) in [5, 5.41) is 2.59. The van der Waals surface area contributed by atoms with Gasteiger partial charge in [-0.15, -0.1) is 0 Å². The molecule has 1 N–H and O–H groups in total. The number of hydrogen-bond donors (Lipinski definition) is 1. The number of carbonyl (C=O) groups excluding carboxylic acids is 1. The zero-order valence-corrected chi connectivity index (χ0v) is 14.6. The van der Waals surface area contributed by atoms with Crippen LogP contribution >= 0.6 is 0 Å². The molecule has 7 heteroatoms. The number of rotatable bonds is 4. The average Bonchev–Trinajstić information content (AvgIpc) is 2.94. The van der Waals surface area contributed by atoms with Crippen molar-refractivity contribution in [2.75, 3.05) is 18.6 Å². The molecule has 25 heavy (non-hydrogen) atoms. The third-order valence-corrected chi connectivity index (χ3v) is 5.81. The summed E-state index contributed by atoms with van der Waals surface area (Å²) in [4.78, 5) is 11.9. The van der Waals surface area contributed by atoms with Crippen LogP contribution in [-0.2, 0) is 9.84 Å². The van der Waals surface area contributed by atoms with Gasteiger partial charge in [0.05, 0.1) is 18.6 Å². The zero-order chi connectivity index (χ0) is 17.9. The summed E-state index contributed by atoms with van der Waals surface area (Å²) < 4.78 is 33.1. The molecule has 132 valence electrons. The van der Waals surface area contributed by atoms with Gasteiger partial charge in [0, 0.05) is 6.04 Å². The van der Waals surface area contributed by atoms with Crippen LogP contribution in [0.3, 0.4) is 0 Å². The van der Waals surface area contributed by atoms with Crippen LogP contribution in [-0.4, -0.2) is 39.2 Å². The molecule has 1 fully saturated rings. The third-order valence-electron chi connectivity index (χ3n) is 4.04. The Labute approximate surface area is 146 Å². The van der Waals surface area contributed by atoms with Gasteiger partial charge in [-0.05, 0) is 41.8 Å². The topological polar surface area (TPSA) is 81.7 Å². The monoisotopic (exact) mass is 361 g/mol. The quantitative estimate of drug-likeness (QED) is 0.905. The fourth-order valence-corrected chi connectivity index (χ4v) is 4.38. The number of amides is 1. The van der Waals surface area contributed by atoms with Crippen LogP contribution in [0.25, 0.3) is 11.1 Å². The van der Waals surface area contributed by atoms with Crippen LogP contribution in [0.15, 0.2) is 48.5 Å². The highest BCUT2D eigenvalue weighted by molar-refractivity contribution is 7.91. The van der Waals surface area contributed by atoms with E-state index in [-0.39, 0.29) is 17.5 Å². The standard InChI is InChI=1S/C18H19NO5S/c1-23-16-6-2-13(3-7-16)14-4-8-17(9-5-14)24-18(20)19-15-10-11-25(21,22)12-15/h2-9,15H,10-12H2,1H3,(H,19,20)/t15-/m1/s1. The van der Waals surface area contributed by atoms with Gasteiger partial charge in [-0.1, -0.05) is 24.3 Å². The van der Waals surface area contributed by atoms with Crippen molar-refractivity contribution >= 4 is 15.9 Å². The zero-order valence-electron chi connectivity index (χ0n) is 13.8. The lowest BCUT2D eigenvalue weighted by Gasteiger charge is -2.11. The van der Waals surface area contributed by atoms with Crippen LogP contribution in [0.2, 0.25) is 0 Å². The van der Waals surface area contributed by atoms with E-state index in [1.807, 2.05) is 36.4 Å². The largest absolute Gasteiger partial charge is 0.497 e. The number of nitrogens with one attached hydrogen (secondary N) is 1. The van der Waals surface area contributed by atoms with Crippen LogP contribution < -0.4 is 14.8 Å². The van der Waals surface area contributed by atoms with Crippen molar-refractivity contribution in [2.24, 2.45) is 0 Å². The van der Waals surface area contributed by atoms with Gasteiger partial charge in [0.2, 0.25) is 0 Å². The van der Waals surface area contributed by atoms with E-state index in [9.17, 15) is 13.2 Å². The van der Waals surface area contributed by atoms with Gasteiger partial charge in [-0.3, -0.25) is 0 Å². The molecule has 1 heterocycles. The molecule has 1 aliphatic rings. The Morgan fingerprint density at radius 1 is 1.00 bits per heavy atom. The maximum absolute atomic E-state index is 11.9. The van der Waals surface area contributed by atoms with Crippen molar-refractivity contribution in [1.82, 2.24) is 5.32 Å². The molecule has 1 atom stereocenters. The summed E-state index contributed by atoms with van der Waals surface area (Å²) in [6.45, 7) is 0. The van der Waals surface area contributed by atoms with Crippen molar-refractivity contribution < 1.29 is 22.7 Å². The molecule has 1 saturated heterocycles. The summed E-state index contributed by atoms with van der Waals surface area (Å²) in [6, 6.07) is 14.4. The highest BCUT2D eigenvalue weighted by atomic mass is 32.2. The molecule has 3 rings (SSSR count). The second-order valence-corrected chi connectivity index (χ2v) is 8.12. The number of sulfone groups is 1. The SMILES string of the molecule is COc1ccc(-c2ccc(OC(=O)N[C@@H]3CCS(=O)(=O)C3)cc2)cc1. The van der Waals surface area contributed by atoms with E-state index in [4.69, 9.17) is 9.47 Å². The first kappa shape index (κ1) is 17.3. The summed E-state index contributed by atoms with van der Waals surface area (Å²) in [5.41, 5.74) is 2.00. The molecule has 0 aliphatic carbocycles. The van der Waals surface area contributed by atoms with Crippen LogP contribution in [0.4, 0.5) is 4.79 Å². The van der Waals surface area contributed by atoms with Gasteiger partial charge in [0.1, 0.15) is 11.5 Å². The molecule has 1 amide bonds. The van der Waals surface area contributed by atoms with Crippen molar-refractivity contribution in [3.8, 4) is 22.6 Å². The number of ether oxygens (including phenoxy) is 2. The molecule has 2 aromatic carbocycles. The van der Waals surface area contributed by atoms with Gasteiger partial charge in [-0.2, -0.15) is 0 Å². The van der Waals surface area contributed by atoms with Gasteiger partial charge in [-0.25, -0.2) is 13.2 Å². The van der Waals surface area contributed by atoms with E-state index in [2.05, 4.69) is 5.32 Å². The molecule has 6 nitrogen and oxygen atoms in total. The first-order valence-electron chi connectivity index (χ1n) is 7.88. The minimum atomic E-state index is -3.03. The Morgan fingerprint density at radius 2 is 1.56 bits per heavy atom. The van der Waals surface area contributed by atoms with Crippen molar-refractivity contribution in [3.63, 3.8) is 0 Å². The molecule has 0 aromatic heterocycles. The predicted octanol–water partition coefficient (Wildman–Crippen LogP) is 2.64. The molecule has 0 saturated carbocycles. The average molecular weight is 361 g/mol. The van der Waals surface area contributed by atoms with E-state index in [0.29, 0.717) is 12.2 Å². The van der Waals surface area contributed by atoms with Gasteiger partial charge >= 0.3 is 6.09 Å². The number of methoxy groups -OCH3 is 1. The van der Waals surface area contributed by atoms with Crippen LogP contribution in [0.1, 0.15) is 6.42 Å². The smallest absolute Gasteiger partial charge is 0.412 e. The summed E-state index contributed by atoms with van der Waals surface area (Å²) in [7, 11) is -1.42. The lowest BCUT2D eigenvalue weighted by Crippen LogP contribution is -2.37. The van der Waals surface area contributed by atoms with E-state index in [1.165, 1.54) is 0 Å². The summed E-state index contributed by atoms with van der Waals surface area (Å²) >= 11 is 0. The highest BCUT2D eigenvalue weighted by Gasteiger charge is 2.29. The van der Waals surface area contributed by atoms with Crippen LogP contribution in [0, 0.1) is 0 Å². The fraction of sp³-hybridized carbons (Fsp3) is 0.278. The maximum Gasteiger partial charge on any atom is 0.412 e. The second kappa shape index (κ2) is 7.14. The minimum Gasteiger partial charge on any atom is -0.497 e. The number of hydrogen-bond acceptors (Lipinski definition) is 5. The molecule has 0 unspecified atom stereocenters. The Morgan fingerprint density at radius 3 is 2.04 bits per heavy atom. The Kier molecular flexibility index (Phi) is 4.94. The summed E-state index contributed by atoms with van der Waals surface area (Å²) in [6.07, 6.45) is -0.215. The van der Waals surface area contributed by atoms with E-state index < -0.39 is 15.9 Å². The molecule has 1 aliphatic heterocycles. The van der Waals surface area contributed by atoms with Crippen molar-refractivity contribution in [1.29, 1.82) is 0 Å². The predicted molar refractivity (Wildman–Crippen MR) is 94.6 cm³/mol. The Bertz CT molecular complexity index is 844. The van der Waals surface area contributed by atoms with E-state index in [1.54, 1.807) is 19.2 Å². The maximum atomic E-state index is 11.9. The molecular weight excluding hydrogens is 342 g/mol. The van der Waals surface area contributed by atoms with Gasteiger partial charge < -0.3 is 14.8 Å². The molecule has 2 aromatic rings. The van der Waals surface area contributed by atoms with E-state index in [0.717, 1.165) is 16.9 Å². The molecular formula is C18H19NO5S. The van der Waals surface area contributed by atoms with E-state index >= 15 is 0 Å². The van der Waals surface area contributed by atoms with Crippen molar-refractivity contribution in [3.05, 3.63) is 48.5 Å². The molecule has 0 bridgehead atoms. The lowest BCUT2D eigenvalue weighted by atomic mass is 10.1. The first-order valence-corrected chi connectivity index (χ1v) is 9.70. The Balaban J connectivity index is 1.59. The normalized spacial score (nSPS) is 18.5. The number of benzene rings is 2. The third kappa shape index (κ3) is 4.51. The first-order chi connectivity index (χ1) is 11.9. The second-order valence-electron chi connectivity index (χ2n) is 5.89. The van der Waals surface area contributed by atoms with Gasteiger partial charge in [0.25, 0.3) is 0 Å². The fourth-order valence-electron chi connectivity index (χ4n) is 2.71. The molecule has 0 radical (unpaired) electrons. The van der Waals surface area contributed by atoms with Crippen molar-refractivity contribution in [2.45, 2.75) is 12.5 Å². The lowest BCUT2D eigenvalue weighted by molar-refractivity contribution is 0.197.